The predicted octanol–water partition coefficient (Wildman–Crippen LogP) is 3.90. The van der Waals surface area contributed by atoms with Gasteiger partial charge in [0.05, 0.1) is 6.58 Å². The van der Waals surface area contributed by atoms with E-state index in [1.54, 1.807) is 5.01 Å². The maximum absolute atomic E-state index is 6.07. The van der Waals surface area contributed by atoms with Gasteiger partial charge in [-0.15, -0.1) is 0 Å². The Morgan fingerprint density at radius 3 is 2.31 bits per heavy atom. The number of fused-ring (bicyclic) bond motifs is 1. The summed E-state index contributed by atoms with van der Waals surface area (Å²) in [7, 11) is 0. The fourth-order valence-corrected chi connectivity index (χ4v) is 1.82. The molecule has 0 aliphatic carbocycles. The first-order valence-electron chi connectivity index (χ1n) is 5.15. The zero-order valence-electron chi connectivity index (χ0n) is 8.67. The number of hydrogen-bond acceptors (Lipinski definition) is 1. The lowest BCUT2D eigenvalue weighted by atomic mass is 10.1. The molecule has 0 amide bonds. The fraction of sp³-hybridized carbons (Fsp3) is 0. The summed E-state index contributed by atoms with van der Waals surface area (Å²) in [5.41, 5.74) is 8.05. The Bertz CT molecular complexity index is 531. The molecule has 2 aromatic rings. The molecule has 0 N–H and O–H groups in total. The number of hydrogen-bond donors (Lipinski definition) is 0. The number of nitrogens with zero attached hydrogens (tertiary/aromatic N) is 2. The van der Waals surface area contributed by atoms with E-state index >= 15 is 0 Å². The first kappa shape index (κ1) is 8.96. The van der Waals surface area contributed by atoms with Gasteiger partial charge in [0.2, 0.25) is 0 Å². The molecule has 0 aromatic heterocycles. The second-order valence-corrected chi connectivity index (χ2v) is 3.65. The summed E-state index contributed by atoms with van der Waals surface area (Å²) < 4.78 is 0. The van der Waals surface area contributed by atoms with Crippen LogP contribution in [-0.2, 0) is 0 Å². The minimum atomic E-state index is 0.682. The topological polar surface area (TPSA) is 17.3 Å². The van der Waals surface area contributed by atoms with Crippen LogP contribution in [0.5, 0.6) is 0 Å². The summed E-state index contributed by atoms with van der Waals surface area (Å²) in [6.45, 7) is 6.07. The van der Waals surface area contributed by atoms with Crippen molar-refractivity contribution in [2.45, 2.75) is 0 Å². The quantitative estimate of drug-likeness (QED) is 0.647. The van der Waals surface area contributed by atoms with E-state index < -0.39 is 0 Å². The molecule has 0 radical (unpaired) electrons. The van der Waals surface area contributed by atoms with Crippen LogP contribution >= 0.6 is 0 Å². The Morgan fingerprint density at radius 1 is 0.875 bits per heavy atom. The molecule has 3 rings (SSSR count). The van der Waals surface area contributed by atoms with Crippen molar-refractivity contribution >= 4 is 17.1 Å². The van der Waals surface area contributed by atoms with Gasteiger partial charge in [0, 0.05) is 11.8 Å². The van der Waals surface area contributed by atoms with Crippen molar-refractivity contribution in [3.63, 3.8) is 0 Å². The van der Waals surface area contributed by atoms with Gasteiger partial charge in [-0.3, -0.25) is 0 Å². The maximum atomic E-state index is 6.07. The van der Waals surface area contributed by atoms with Crippen molar-refractivity contribution in [1.29, 1.82) is 0 Å². The summed E-state index contributed by atoms with van der Waals surface area (Å²) >= 11 is 0. The van der Waals surface area contributed by atoms with Crippen LogP contribution in [0.15, 0.2) is 54.6 Å². The third kappa shape index (κ3) is 1.25. The van der Waals surface area contributed by atoms with E-state index in [4.69, 9.17) is 6.58 Å². The highest BCUT2D eigenvalue weighted by molar-refractivity contribution is 5.93. The molecule has 2 heteroatoms. The minimum Gasteiger partial charge on any atom is -0.568 e. The molecule has 0 saturated carbocycles. The molecule has 0 spiro atoms. The van der Waals surface area contributed by atoms with Crippen molar-refractivity contribution in [2.24, 2.45) is 0 Å². The molecule has 2 aromatic carbocycles. The molecule has 2 nitrogen and oxygen atoms in total. The first-order chi connectivity index (χ1) is 7.86. The van der Waals surface area contributed by atoms with Crippen LogP contribution in [-0.4, -0.2) is 0 Å². The highest BCUT2D eigenvalue weighted by atomic mass is 15.5. The summed E-state index contributed by atoms with van der Waals surface area (Å²) in [6.07, 6.45) is 0. The molecule has 76 valence electrons. The smallest absolute Gasteiger partial charge is 0.253 e. The average Bonchev–Trinajstić information content (AvgIpc) is 2.69. The van der Waals surface area contributed by atoms with Crippen molar-refractivity contribution in [3.8, 4) is 0 Å². The molecule has 0 atom stereocenters. The molecule has 0 unspecified atom stereocenters. The number of anilines is 1. The number of benzene rings is 2. The fourth-order valence-electron chi connectivity index (χ4n) is 1.82. The lowest BCUT2D eigenvalue weighted by Gasteiger charge is -2.28. The maximum Gasteiger partial charge on any atom is 0.253 e. The van der Waals surface area contributed by atoms with E-state index in [-0.39, 0.29) is 0 Å². The summed E-state index contributed by atoms with van der Waals surface area (Å²) in [6, 6.07) is 17.8. The van der Waals surface area contributed by atoms with E-state index in [0.717, 1.165) is 16.9 Å². The lowest BCUT2D eigenvalue weighted by molar-refractivity contribution is 1.30. The van der Waals surface area contributed by atoms with Gasteiger partial charge in [-0.05, 0) is 23.9 Å². The van der Waals surface area contributed by atoms with Crippen LogP contribution in [0.1, 0.15) is 5.56 Å². The van der Waals surface area contributed by atoms with Crippen molar-refractivity contribution in [3.05, 3.63) is 72.2 Å². The third-order valence-corrected chi connectivity index (χ3v) is 2.62. The normalized spacial score (nSPS) is 13.4. The monoisotopic (exact) mass is 206 g/mol. The second-order valence-electron chi connectivity index (χ2n) is 3.65. The minimum absolute atomic E-state index is 0.682. The lowest BCUT2D eigenvalue weighted by Crippen LogP contribution is -2.07. The van der Waals surface area contributed by atoms with Gasteiger partial charge in [0.1, 0.15) is 5.56 Å². The Morgan fingerprint density at radius 2 is 1.56 bits per heavy atom. The molecule has 0 bridgehead atoms. The van der Waals surface area contributed by atoms with E-state index in [1.807, 2.05) is 54.6 Å². The van der Waals surface area contributed by atoms with Crippen LogP contribution in [0.2, 0.25) is 0 Å². The molecule has 1 heterocycles. The number of rotatable bonds is 1. The van der Waals surface area contributed by atoms with E-state index in [9.17, 15) is 0 Å². The van der Waals surface area contributed by atoms with Gasteiger partial charge in [0.25, 0.3) is 5.70 Å². The van der Waals surface area contributed by atoms with Gasteiger partial charge in [-0.2, -0.15) is 0 Å². The van der Waals surface area contributed by atoms with Crippen molar-refractivity contribution < 1.29 is 0 Å². The first-order valence-corrected chi connectivity index (χ1v) is 5.15. The van der Waals surface area contributed by atoms with Gasteiger partial charge in [-0.25, -0.2) is 0 Å². The molecule has 1 aliphatic heterocycles. The Hall–Kier alpha value is -2.31. The van der Waals surface area contributed by atoms with E-state index in [1.165, 1.54) is 0 Å². The highest BCUT2D eigenvalue weighted by Crippen LogP contribution is 2.43. The Kier molecular flexibility index (Phi) is 1.89. The predicted molar refractivity (Wildman–Crippen MR) is 66.1 cm³/mol. The molecule has 1 aliphatic rings. The summed E-state index contributed by atoms with van der Waals surface area (Å²) in [5, 5.41) is 1.77. The second kappa shape index (κ2) is 3.37. The largest absolute Gasteiger partial charge is 0.568 e. The summed E-state index contributed by atoms with van der Waals surface area (Å²) in [4.78, 5) is 0. The van der Waals surface area contributed by atoms with E-state index in [0.29, 0.717) is 5.70 Å². The average molecular weight is 206 g/mol. The van der Waals surface area contributed by atoms with Crippen LogP contribution in [0.25, 0.3) is 11.1 Å². The standard InChI is InChI=1S/C14H10N2/c1-11-13-9-5-6-10-14(13)15-16(11)12-7-3-2-4-8-12/h1-10H. The molecule has 0 saturated heterocycles. The highest BCUT2D eigenvalue weighted by Gasteiger charge is 2.22. The zero-order chi connectivity index (χ0) is 11.0. The Balaban J connectivity index is 2.02. The zero-order valence-corrected chi connectivity index (χ0v) is 8.67. The Labute approximate surface area is 94.8 Å². The molecule has 16 heavy (non-hydrogen) atoms. The van der Waals surface area contributed by atoms with Crippen LogP contribution in [0.3, 0.4) is 0 Å². The molecular weight excluding hydrogens is 196 g/mol. The van der Waals surface area contributed by atoms with Gasteiger partial charge < -0.3 is 10.4 Å². The van der Waals surface area contributed by atoms with Gasteiger partial charge >= 0.3 is 0 Å². The van der Waals surface area contributed by atoms with Crippen molar-refractivity contribution in [1.82, 2.24) is 0 Å². The van der Waals surface area contributed by atoms with Crippen LogP contribution < -0.4 is 5.01 Å². The third-order valence-electron chi connectivity index (χ3n) is 2.62. The van der Waals surface area contributed by atoms with Crippen LogP contribution in [0.4, 0.5) is 11.4 Å². The van der Waals surface area contributed by atoms with E-state index in [2.05, 4.69) is 5.43 Å². The van der Waals surface area contributed by atoms with Crippen LogP contribution in [0, 0.1) is 6.58 Å². The SMILES string of the molecule is [CH+]=C1c2ccccc2[N-]N1c1ccccc1. The molecule has 0 fully saturated rings. The van der Waals surface area contributed by atoms with Gasteiger partial charge in [0.15, 0.2) is 0 Å². The number of para-hydroxylation sites is 1. The summed E-state index contributed by atoms with van der Waals surface area (Å²) in [5.74, 6) is 0. The van der Waals surface area contributed by atoms with Crippen molar-refractivity contribution in [2.75, 3.05) is 5.01 Å². The molecular formula is C14H10N2. The van der Waals surface area contributed by atoms with Gasteiger partial charge in [-0.1, -0.05) is 30.3 Å².